The van der Waals surface area contributed by atoms with E-state index in [2.05, 4.69) is 149 Å². The highest BCUT2D eigenvalue weighted by atomic mass is 16.3. The van der Waals surface area contributed by atoms with Crippen LogP contribution in [0.4, 0.5) is 45.5 Å². The van der Waals surface area contributed by atoms with E-state index in [4.69, 9.17) is 0 Å². The van der Waals surface area contributed by atoms with E-state index < -0.39 is 0 Å². The fraction of sp³-hybridized carbons (Fsp3) is 0. The van der Waals surface area contributed by atoms with Crippen LogP contribution in [-0.4, -0.2) is 11.8 Å². The molecular weight excluding hydrogens is 501 g/mol. The van der Waals surface area contributed by atoms with Gasteiger partial charge in [0.2, 0.25) is 0 Å². The largest absolute Gasteiger partial charge is 0.506 e. The second-order valence-electron chi connectivity index (χ2n) is 10.5. The van der Waals surface area contributed by atoms with Crippen molar-refractivity contribution in [1.82, 2.24) is 0 Å². The fourth-order valence-corrected chi connectivity index (χ4v) is 6.40. The Morgan fingerprint density at radius 3 is 1.93 bits per heavy atom. The molecule has 2 aliphatic heterocycles. The predicted molar refractivity (Wildman–Crippen MR) is 172 cm³/mol. The molecule has 2 N–H and O–H groups in total. The molecule has 0 spiro atoms. The Labute approximate surface area is 239 Å². The monoisotopic (exact) mass is 527 g/mol. The molecule has 41 heavy (non-hydrogen) atoms. The number of phenolic OH excluding ortho intramolecular Hbond substituents is 1. The van der Waals surface area contributed by atoms with E-state index in [9.17, 15) is 5.11 Å². The number of phenols is 1. The van der Waals surface area contributed by atoms with Crippen molar-refractivity contribution >= 4 is 68.6 Å². The van der Waals surface area contributed by atoms with E-state index in [1.807, 2.05) is 6.07 Å². The molecule has 0 bridgehead atoms. The number of hydrogen-bond donors (Lipinski definition) is 2. The average Bonchev–Trinajstić information content (AvgIpc) is 3.03. The summed E-state index contributed by atoms with van der Waals surface area (Å²) < 4.78 is 0. The minimum absolute atomic E-state index is 0.0181. The fourth-order valence-electron chi connectivity index (χ4n) is 6.40. The zero-order valence-corrected chi connectivity index (χ0v) is 22.3. The molecule has 5 heteroatoms. The number of rotatable bonds is 4. The van der Waals surface area contributed by atoms with Crippen molar-refractivity contribution in [3.8, 4) is 5.75 Å². The summed E-state index contributed by atoms with van der Waals surface area (Å²) in [4.78, 5) is 4.68. The van der Waals surface area contributed by atoms with Crippen LogP contribution in [0.2, 0.25) is 0 Å². The van der Waals surface area contributed by atoms with E-state index >= 15 is 0 Å². The van der Waals surface area contributed by atoms with Gasteiger partial charge in [-0.2, -0.15) is 0 Å². The van der Waals surface area contributed by atoms with Gasteiger partial charge in [-0.15, -0.1) is 0 Å². The number of fused-ring (bicyclic) bond motifs is 4. The van der Waals surface area contributed by atoms with Crippen molar-refractivity contribution in [2.75, 3.05) is 15.1 Å². The first-order valence-corrected chi connectivity index (χ1v) is 13.9. The summed E-state index contributed by atoms with van der Waals surface area (Å²) in [5.41, 5.74) is 11.9. The molecule has 0 unspecified atom stereocenters. The highest BCUT2D eigenvalue weighted by molar-refractivity contribution is 7.00. The van der Waals surface area contributed by atoms with Crippen LogP contribution in [0, 0.1) is 0 Å². The van der Waals surface area contributed by atoms with Gasteiger partial charge in [-0.25, -0.2) is 0 Å². The topological polar surface area (TPSA) is 38.7 Å². The molecule has 0 saturated heterocycles. The number of anilines is 8. The van der Waals surface area contributed by atoms with Gasteiger partial charge >= 0.3 is 0 Å². The van der Waals surface area contributed by atoms with Crippen LogP contribution in [0.15, 0.2) is 146 Å². The molecule has 2 aliphatic rings. The van der Waals surface area contributed by atoms with Crippen molar-refractivity contribution in [1.29, 1.82) is 0 Å². The van der Waals surface area contributed by atoms with Crippen LogP contribution in [0.25, 0.3) is 0 Å². The van der Waals surface area contributed by atoms with Gasteiger partial charge in [-0.3, -0.25) is 0 Å². The maximum Gasteiger partial charge on any atom is 0.252 e. The number of nitrogens with one attached hydrogen (secondary N) is 1. The summed E-state index contributed by atoms with van der Waals surface area (Å²) in [6.45, 7) is -0.0181. The molecule has 6 aromatic carbocycles. The number of aromatic hydroxyl groups is 1. The van der Waals surface area contributed by atoms with E-state index in [-0.39, 0.29) is 12.5 Å². The minimum atomic E-state index is -0.0181. The molecule has 6 aromatic rings. The molecule has 4 nitrogen and oxygen atoms in total. The van der Waals surface area contributed by atoms with Gasteiger partial charge in [0, 0.05) is 39.8 Å². The lowest BCUT2D eigenvalue weighted by Crippen LogP contribution is -2.60. The first-order valence-electron chi connectivity index (χ1n) is 13.9. The van der Waals surface area contributed by atoms with Gasteiger partial charge in [0.25, 0.3) is 6.71 Å². The van der Waals surface area contributed by atoms with Gasteiger partial charge in [0.05, 0.1) is 5.69 Å². The van der Waals surface area contributed by atoms with Gasteiger partial charge in [-0.1, -0.05) is 78.9 Å². The van der Waals surface area contributed by atoms with Crippen molar-refractivity contribution in [3.63, 3.8) is 0 Å². The van der Waals surface area contributed by atoms with E-state index in [1.54, 1.807) is 6.07 Å². The van der Waals surface area contributed by atoms with Crippen LogP contribution in [0.1, 0.15) is 0 Å². The van der Waals surface area contributed by atoms with Crippen LogP contribution in [0.5, 0.6) is 5.75 Å². The lowest BCUT2D eigenvalue weighted by atomic mass is 9.33. The normalized spacial score (nSPS) is 12.6. The number of benzene rings is 6. The molecule has 194 valence electrons. The summed E-state index contributed by atoms with van der Waals surface area (Å²) in [5, 5.41) is 14.4. The quantitative estimate of drug-likeness (QED) is 0.187. The Morgan fingerprint density at radius 1 is 0.561 bits per heavy atom. The second-order valence-corrected chi connectivity index (χ2v) is 10.5. The third-order valence-electron chi connectivity index (χ3n) is 8.13. The van der Waals surface area contributed by atoms with Gasteiger partial charge < -0.3 is 20.2 Å². The Hall–Kier alpha value is -5.42. The molecular formula is C36H26BN3O. The first kappa shape index (κ1) is 23.5. The Balaban J connectivity index is 1.41. The maximum atomic E-state index is 10.8. The molecule has 0 amide bonds. The highest BCUT2D eigenvalue weighted by Crippen LogP contribution is 2.43. The smallest absolute Gasteiger partial charge is 0.252 e. The van der Waals surface area contributed by atoms with Crippen molar-refractivity contribution < 1.29 is 5.11 Å². The van der Waals surface area contributed by atoms with E-state index in [0.29, 0.717) is 0 Å². The van der Waals surface area contributed by atoms with Gasteiger partial charge in [-0.05, 0) is 83.1 Å². The Kier molecular flexibility index (Phi) is 5.35. The lowest BCUT2D eigenvalue weighted by molar-refractivity contribution is 0.478. The van der Waals surface area contributed by atoms with E-state index in [1.165, 1.54) is 10.9 Å². The third-order valence-corrected chi connectivity index (χ3v) is 8.13. The van der Waals surface area contributed by atoms with Gasteiger partial charge in [0.1, 0.15) is 5.75 Å². The second kappa shape index (κ2) is 9.35. The van der Waals surface area contributed by atoms with Crippen molar-refractivity contribution in [2.24, 2.45) is 0 Å². The molecule has 8 rings (SSSR count). The van der Waals surface area contributed by atoms with Gasteiger partial charge in [0.15, 0.2) is 0 Å². The Bertz CT molecular complexity index is 1850. The molecule has 0 radical (unpaired) electrons. The summed E-state index contributed by atoms with van der Waals surface area (Å²) in [6.07, 6.45) is 0. The highest BCUT2D eigenvalue weighted by Gasteiger charge is 2.41. The standard InChI is InChI=1S/C36H26BN3O/c41-34-21-10-18-30-36(34)38-31-19-11-20-32-35(31)37(30)29-23-22-28(24-33(29)40(32)27-16-8-3-9-17-27)39(25-12-4-1-5-13-25)26-14-6-2-7-15-26/h1-24,38,41H. The zero-order valence-electron chi connectivity index (χ0n) is 22.3. The SMILES string of the molecule is Oc1cccc2c1Nc1cccc3c1B2c1ccc(N(c2ccccc2)c2ccccc2)cc1N3c1ccccc1. The van der Waals surface area contributed by atoms with Crippen LogP contribution < -0.4 is 31.5 Å². The summed E-state index contributed by atoms with van der Waals surface area (Å²) in [5.74, 6) is 0.265. The maximum absolute atomic E-state index is 10.8. The zero-order chi connectivity index (χ0) is 27.3. The third kappa shape index (κ3) is 3.70. The molecule has 0 aromatic heterocycles. The Morgan fingerprint density at radius 2 is 1.22 bits per heavy atom. The van der Waals surface area contributed by atoms with Crippen LogP contribution >= 0.6 is 0 Å². The first-order chi connectivity index (χ1) is 20.3. The number of para-hydroxylation sites is 4. The molecule has 0 fully saturated rings. The number of nitrogens with zero attached hydrogens (tertiary/aromatic N) is 2. The molecule has 2 heterocycles. The molecule has 0 aliphatic carbocycles. The van der Waals surface area contributed by atoms with E-state index in [0.717, 1.165) is 51.0 Å². The molecule has 0 atom stereocenters. The number of hydrogen-bond acceptors (Lipinski definition) is 4. The lowest BCUT2D eigenvalue weighted by Gasteiger charge is -2.41. The summed E-state index contributed by atoms with van der Waals surface area (Å²) in [7, 11) is 0. The van der Waals surface area contributed by atoms with Crippen molar-refractivity contribution in [2.45, 2.75) is 0 Å². The average molecular weight is 527 g/mol. The molecule has 0 saturated carbocycles. The van der Waals surface area contributed by atoms with Crippen LogP contribution in [0.3, 0.4) is 0 Å². The van der Waals surface area contributed by atoms with Crippen molar-refractivity contribution in [3.05, 3.63) is 146 Å². The summed E-state index contributed by atoms with van der Waals surface area (Å²) in [6, 6.07) is 50.6. The summed E-state index contributed by atoms with van der Waals surface area (Å²) >= 11 is 0. The minimum Gasteiger partial charge on any atom is -0.506 e. The van der Waals surface area contributed by atoms with Crippen LogP contribution in [-0.2, 0) is 0 Å². The predicted octanol–water partition coefficient (Wildman–Crippen LogP) is 7.22.